The largest absolute Gasteiger partial charge is 0.379 e. The van der Waals surface area contributed by atoms with Gasteiger partial charge in [-0.15, -0.1) is 0 Å². The van der Waals surface area contributed by atoms with E-state index in [0.29, 0.717) is 38.3 Å². The van der Waals surface area contributed by atoms with Crippen LogP contribution in [0.25, 0.3) is 0 Å². The van der Waals surface area contributed by atoms with Crippen molar-refractivity contribution >= 4 is 11.8 Å². The molecule has 0 aliphatic carbocycles. The zero-order valence-electron chi connectivity index (χ0n) is 17.6. The monoisotopic (exact) mass is 425 g/mol. The molecule has 4 rings (SSSR count). The summed E-state index contributed by atoms with van der Waals surface area (Å²) in [5.41, 5.74) is 2.56. The van der Waals surface area contributed by atoms with Gasteiger partial charge >= 0.3 is 0 Å². The van der Waals surface area contributed by atoms with E-state index < -0.39 is 0 Å². The first-order valence-electron chi connectivity index (χ1n) is 10.8. The number of nitrogens with zero attached hydrogens (tertiary/aromatic N) is 2. The van der Waals surface area contributed by atoms with Crippen LogP contribution in [-0.4, -0.2) is 61.0 Å². The second-order valence-corrected chi connectivity index (χ2v) is 8.04. The van der Waals surface area contributed by atoms with Crippen LogP contribution in [0, 0.1) is 5.82 Å². The number of carbonyl (C=O) groups is 2. The highest BCUT2D eigenvalue weighted by Crippen LogP contribution is 2.22. The van der Waals surface area contributed by atoms with Crippen LogP contribution in [0.4, 0.5) is 4.39 Å². The Morgan fingerprint density at radius 1 is 1.03 bits per heavy atom. The molecule has 164 valence electrons. The lowest BCUT2D eigenvalue weighted by Gasteiger charge is -2.35. The van der Waals surface area contributed by atoms with Gasteiger partial charge in [0.05, 0.1) is 19.3 Å². The molecular weight excluding hydrogens is 397 g/mol. The van der Waals surface area contributed by atoms with E-state index in [1.165, 1.54) is 12.1 Å². The van der Waals surface area contributed by atoms with Gasteiger partial charge in [0.25, 0.3) is 5.91 Å². The third kappa shape index (κ3) is 5.48. The molecule has 1 unspecified atom stereocenters. The molecule has 7 heteroatoms. The van der Waals surface area contributed by atoms with Gasteiger partial charge in [-0.05, 0) is 41.8 Å². The maximum atomic E-state index is 13.4. The molecule has 1 N–H and O–H groups in total. The molecule has 0 radical (unpaired) electrons. The fraction of sp³-hybridized carbons (Fsp3) is 0.417. The fourth-order valence-electron chi connectivity index (χ4n) is 4.18. The van der Waals surface area contributed by atoms with Crippen LogP contribution < -0.4 is 5.32 Å². The molecular formula is C24H28FN3O3. The van der Waals surface area contributed by atoms with Crippen LogP contribution in [0.5, 0.6) is 0 Å². The molecule has 2 aromatic rings. The molecule has 2 heterocycles. The van der Waals surface area contributed by atoms with Crippen molar-refractivity contribution < 1.29 is 18.7 Å². The van der Waals surface area contributed by atoms with Gasteiger partial charge in [0.15, 0.2) is 0 Å². The number of benzene rings is 2. The van der Waals surface area contributed by atoms with Crippen LogP contribution in [0.3, 0.4) is 0 Å². The lowest BCUT2D eigenvalue weighted by atomic mass is 10.0. The van der Waals surface area contributed by atoms with E-state index in [0.717, 1.165) is 37.2 Å². The number of rotatable bonds is 7. The fourth-order valence-corrected chi connectivity index (χ4v) is 4.18. The van der Waals surface area contributed by atoms with Crippen molar-refractivity contribution in [1.82, 2.24) is 15.1 Å². The predicted molar refractivity (Wildman–Crippen MR) is 115 cm³/mol. The number of halogens is 1. The Balaban J connectivity index is 1.38. The van der Waals surface area contributed by atoms with Crippen molar-refractivity contribution in [2.45, 2.75) is 25.4 Å². The first kappa shape index (κ1) is 21.5. The highest BCUT2D eigenvalue weighted by atomic mass is 19.1. The number of hydrogen-bond donors (Lipinski definition) is 1. The van der Waals surface area contributed by atoms with Crippen molar-refractivity contribution in [3.63, 3.8) is 0 Å². The lowest BCUT2D eigenvalue weighted by molar-refractivity contribution is -0.128. The summed E-state index contributed by atoms with van der Waals surface area (Å²) in [6.07, 6.45) is 1.54. The van der Waals surface area contributed by atoms with E-state index in [2.05, 4.69) is 10.2 Å². The molecule has 0 saturated carbocycles. The van der Waals surface area contributed by atoms with Crippen molar-refractivity contribution in [3.05, 3.63) is 71.0 Å². The van der Waals surface area contributed by atoms with Gasteiger partial charge in [-0.25, -0.2) is 4.39 Å². The topological polar surface area (TPSA) is 61.9 Å². The SMILES string of the molecule is O=C(NCC(c1ccc(F)cc1)N1CCOCC1)c1ccc(CN2CCCC2=O)cc1. The number of likely N-dealkylation sites (tertiary alicyclic amines) is 1. The molecule has 2 amide bonds. The molecule has 2 fully saturated rings. The summed E-state index contributed by atoms with van der Waals surface area (Å²) in [4.78, 5) is 28.7. The lowest BCUT2D eigenvalue weighted by Crippen LogP contribution is -2.43. The predicted octanol–water partition coefficient (Wildman–Crippen LogP) is 2.75. The van der Waals surface area contributed by atoms with Crippen LogP contribution in [0.1, 0.15) is 40.4 Å². The smallest absolute Gasteiger partial charge is 0.251 e. The molecule has 2 saturated heterocycles. The Hall–Kier alpha value is -2.77. The average molecular weight is 426 g/mol. The second-order valence-electron chi connectivity index (χ2n) is 8.04. The zero-order chi connectivity index (χ0) is 21.6. The maximum absolute atomic E-state index is 13.4. The Bertz CT molecular complexity index is 895. The standard InChI is InChI=1S/C24H28FN3O3/c25-21-9-7-19(8-10-21)22(27-12-14-31-15-13-27)16-26-24(30)20-5-3-18(4-6-20)17-28-11-1-2-23(28)29/h3-10,22H,1-2,11-17H2,(H,26,30). The highest BCUT2D eigenvalue weighted by molar-refractivity contribution is 5.94. The minimum absolute atomic E-state index is 0.0473. The number of morpholine rings is 1. The molecule has 31 heavy (non-hydrogen) atoms. The molecule has 2 aliphatic heterocycles. The average Bonchev–Trinajstić information content (AvgIpc) is 3.20. The first-order chi connectivity index (χ1) is 15.1. The Morgan fingerprint density at radius 2 is 1.74 bits per heavy atom. The summed E-state index contributed by atoms with van der Waals surface area (Å²) in [6.45, 7) is 4.63. The molecule has 1 atom stereocenters. The Labute approximate surface area is 182 Å². The van der Waals surface area contributed by atoms with E-state index >= 15 is 0 Å². The van der Waals surface area contributed by atoms with Crippen LogP contribution in [0.15, 0.2) is 48.5 Å². The number of amides is 2. The van der Waals surface area contributed by atoms with Gasteiger partial charge < -0.3 is 15.0 Å². The number of nitrogens with one attached hydrogen (secondary N) is 1. The van der Waals surface area contributed by atoms with Crippen molar-refractivity contribution in [3.8, 4) is 0 Å². The molecule has 2 aliphatic rings. The summed E-state index contributed by atoms with van der Waals surface area (Å²) in [6, 6.07) is 13.8. The number of hydrogen-bond acceptors (Lipinski definition) is 4. The van der Waals surface area contributed by atoms with Gasteiger partial charge in [0.2, 0.25) is 5.91 Å². The van der Waals surface area contributed by atoms with Gasteiger partial charge in [-0.1, -0.05) is 24.3 Å². The number of carbonyl (C=O) groups excluding carboxylic acids is 2. The molecule has 0 spiro atoms. The molecule has 0 bridgehead atoms. The van der Waals surface area contributed by atoms with E-state index in [9.17, 15) is 14.0 Å². The minimum atomic E-state index is -0.274. The van der Waals surface area contributed by atoms with Crippen LogP contribution >= 0.6 is 0 Å². The van der Waals surface area contributed by atoms with Gasteiger partial charge in [0, 0.05) is 44.7 Å². The zero-order valence-corrected chi connectivity index (χ0v) is 17.6. The van der Waals surface area contributed by atoms with E-state index in [1.54, 1.807) is 24.3 Å². The molecule has 0 aromatic heterocycles. The second kappa shape index (κ2) is 10.0. The van der Waals surface area contributed by atoms with E-state index in [1.807, 2.05) is 17.0 Å². The summed E-state index contributed by atoms with van der Waals surface area (Å²) in [5.74, 6) is -0.231. The quantitative estimate of drug-likeness (QED) is 0.741. The van der Waals surface area contributed by atoms with Gasteiger partial charge in [-0.3, -0.25) is 14.5 Å². The van der Waals surface area contributed by atoms with E-state index in [4.69, 9.17) is 4.74 Å². The summed E-state index contributed by atoms with van der Waals surface area (Å²) < 4.78 is 18.8. The summed E-state index contributed by atoms with van der Waals surface area (Å²) in [7, 11) is 0. The van der Waals surface area contributed by atoms with Crippen LogP contribution in [0.2, 0.25) is 0 Å². The maximum Gasteiger partial charge on any atom is 0.251 e. The third-order valence-corrected chi connectivity index (χ3v) is 5.96. The number of ether oxygens (including phenoxy) is 1. The molecule has 6 nitrogen and oxygen atoms in total. The minimum Gasteiger partial charge on any atom is -0.379 e. The van der Waals surface area contributed by atoms with Gasteiger partial charge in [-0.2, -0.15) is 0 Å². The normalized spacial score (nSPS) is 18.2. The first-order valence-corrected chi connectivity index (χ1v) is 10.8. The summed E-state index contributed by atoms with van der Waals surface area (Å²) >= 11 is 0. The van der Waals surface area contributed by atoms with Crippen LogP contribution in [-0.2, 0) is 16.1 Å². The van der Waals surface area contributed by atoms with Gasteiger partial charge in [0.1, 0.15) is 5.82 Å². The Morgan fingerprint density at radius 3 is 2.39 bits per heavy atom. The third-order valence-electron chi connectivity index (χ3n) is 5.96. The van der Waals surface area contributed by atoms with Crippen molar-refractivity contribution in [2.24, 2.45) is 0 Å². The van der Waals surface area contributed by atoms with E-state index in [-0.39, 0.29) is 23.7 Å². The highest BCUT2D eigenvalue weighted by Gasteiger charge is 2.24. The molecule has 2 aromatic carbocycles. The Kier molecular flexibility index (Phi) is 6.94. The summed E-state index contributed by atoms with van der Waals surface area (Å²) in [5, 5.41) is 3.03. The van der Waals surface area contributed by atoms with Crippen molar-refractivity contribution in [1.29, 1.82) is 0 Å². The van der Waals surface area contributed by atoms with Crippen molar-refractivity contribution in [2.75, 3.05) is 39.4 Å².